The molecule has 0 aliphatic carbocycles. The van der Waals surface area contributed by atoms with Crippen molar-refractivity contribution in [2.45, 2.75) is 17.9 Å². The zero-order valence-corrected chi connectivity index (χ0v) is 17.6. The number of anilines is 2. The van der Waals surface area contributed by atoms with Gasteiger partial charge in [0, 0.05) is 22.5 Å². The molecule has 0 aliphatic heterocycles. The van der Waals surface area contributed by atoms with E-state index in [0.717, 1.165) is 0 Å². The minimum absolute atomic E-state index is 0.0393. The number of rotatable bonds is 7. The molecule has 1 unspecified atom stereocenters. The number of nitrogen functional groups attached to an aromatic ring is 1. The van der Waals surface area contributed by atoms with Crippen molar-refractivity contribution in [1.29, 1.82) is 5.41 Å². The van der Waals surface area contributed by atoms with Gasteiger partial charge in [-0.05, 0) is 42.8 Å². The minimum atomic E-state index is -3.86. The molecule has 0 fully saturated rings. The Kier molecular flexibility index (Phi) is 6.38. The van der Waals surface area contributed by atoms with Gasteiger partial charge >= 0.3 is 0 Å². The summed E-state index contributed by atoms with van der Waals surface area (Å²) in [4.78, 5) is 12.6. The van der Waals surface area contributed by atoms with E-state index in [1.165, 1.54) is 6.07 Å². The van der Waals surface area contributed by atoms with Crippen molar-refractivity contribution in [1.82, 2.24) is 0 Å². The van der Waals surface area contributed by atoms with Crippen LogP contribution in [0.1, 0.15) is 12.5 Å². The van der Waals surface area contributed by atoms with Gasteiger partial charge in [-0.3, -0.25) is 10.2 Å². The Bertz CT molecular complexity index is 1220. The first-order chi connectivity index (χ1) is 14.6. The molecule has 31 heavy (non-hydrogen) atoms. The lowest BCUT2D eigenvalue weighted by molar-refractivity contribution is -0.116. The summed E-state index contributed by atoms with van der Waals surface area (Å²) in [5.74, 6) is -0.309. The van der Waals surface area contributed by atoms with E-state index in [0.29, 0.717) is 28.1 Å². The highest BCUT2D eigenvalue weighted by atomic mass is 32.2. The summed E-state index contributed by atoms with van der Waals surface area (Å²) in [7, 11) is -3.86. The molecule has 3 aromatic rings. The van der Waals surface area contributed by atoms with Crippen molar-refractivity contribution >= 4 is 33.1 Å². The molecule has 1 amide bonds. The van der Waals surface area contributed by atoms with Crippen LogP contribution < -0.4 is 21.5 Å². The monoisotopic (exact) mass is 437 g/mol. The van der Waals surface area contributed by atoms with Crippen LogP contribution >= 0.6 is 0 Å². The van der Waals surface area contributed by atoms with Gasteiger partial charge in [-0.2, -0.15) is 0 Å². The lowest BCUT2D eigenvalue weighted by atomic mass is 10.1. The number of nitrogens with two attached hydrogens (primary N) is 2. The summed E-state index contributed by atoms with van der Waals surface area (Å²) >= 11 is 0. The second-order valence-electron chi connectivity index (χ2n) is 6.97. The Labute approximate surface area is 180 Å². The van der Waals surface area contributed by atoms with Crippen LogP contribution in [-0.4, -0.2) is 26.2 Å². The minimum Gasteiger partial charge on any atom is -0.384 e. The number of amides is 1. The van der Waals surface area contributed by atoms with Crippen molar-refractivity contribution < 1.29 is 13.2 Å². The molecule has 3 aromatic carbocycles. The van der Waals surface area contributed by atoms with Crippen LogP contribution in [0, 0.1) is 5.41 Å². The van der Waals surface area contributed by atoms with Crippen LogP contribution in [0.25, 0.3) is 11.1 Å². The van der Waals surface area contributed by atoms with Crippen molar-refractivity contribution in [3.05, 3.63) is 78.4 Å². The van der Waals surface area contributed by atoms with Crippen LogP contribution in [0.5, 0.6) is 0 Å². The van der Waals surface area contributed by atoms with E-state index in [4.69, 9.17) is 16.3 Å². The average molecular weight is 438 g/mol. The van der Waals surface area contributed by atoms with Gasteiger partial charge in [-0.25, -0.2) is 13.6 Å². The summed E-state index contributed by atoms with van der Waals surface area (Å²) in [5.41, 5.74) is 8.45. The third-order valence-corrected chi connectivity index (χ3v) is 5.58. The summed E-state index contributed by atoms with van der Waals surface area (Å²) in [6.45, 7) is 1.71. The number of benzene rings is 3. The number of hydrogen-bond acceptors (Lipinski definition) is 5. The fourth-order valence-electron chi connectivity index (χ4n) is 3.03. The van der Waals surface area contributed by atoms with E-state index in [-0.39, 0.29) is 16.6 Å². The molecule has 1 atom stereocenters. The first-order valence-electron chi connectivity index (χ1n) is 9.39. The van der Waals surface area contributed by atoms with Gasteiger partial charge in [-0.1, -0.05) is 42.5 Å². The van der Waals surface area contributed by atoms with E-state index in [1.54, 1.807) is 73.7 Å². The average Bonchev–Trinajstić information content (AvgIpc) is 2.74. The van der Waals surface area contributed by atoms with Gasteiger partial charge in [0.25, 0.3) is 0 Å². The Morgan fingerprint density at radius 1 is 0.968 bits per heavy atom. The molecule has 3 rings (SSSR count). The summed E-state index contributed by atoms with van der Waals surface area (Å²) < 4.78 is 23.6. The standard InChI is InChI=1S/C22H23N5O3S/c1-14(26-18-6-4-5-16(13-18)21(23)24)22(28)27-17-11-9-15(10-12-17)19-7-2-3-8-20(19)31(25,29)30/h2-14,26H,1H3,(H3,23,24)(H,27,28)(H2,25,29,30). The molecule has 9 heteroatoms. The van der Waals surface area contributed by atoms with Gasteiger partial charge in [0.1, 0.15) is 11.9 Å². The summed E-state index contributed by atoms with van der Waals surface area (Å²) in [6, 6.07) is 19.7. The predicted octanol–water partition coefficient (Wildman–Crippen LogP) is 2.72. The molecule has 0 saturated carbocycles. The van der Waals surface area contributed by atoms with E-state index in [2.05, 4.69) is 10.6 Å². The summed E-state index contributed by atoms with van der Waals surface area (Å²) in [6.07, 6.45) is 0. The number of carbonyl (C=O) groups excluding carboxylic acids is 1. The number of sulfonamides is 1. The highest BCUT2D eigenvalue weighted by Crippen LogP contribution is 2.27. The first-order valence-corrected chi connectivity index (χ1v) is 10.9. The van der Waals surface area contributed by atoms with Gasteiger partial charge in [0.05, 0.1) is 4.90 Å². The zero-order chi connectivity index (χ0) is 22.6. The van der Waals surface area contributed by atoms with Crippen LogP contribution in [0.4, 0.5) is 11.4 Å². The van der Waals surface area contributed by atoms with Crippen LogP contribution in [0.3, 0.4) is 0 Å². The first kappa shape index (κ1) is 22.0. The van der Waals surface area contributed by atoms with Gasteiger partial charge in [0.2, 0.25) is 15.9 Å². The maximum atomic E-state index is 12.5. The van der Waals surface area contributed by atoms with Crippen LogP contribution in [-0.2, 0) is 14.8 Å². The molecule has 8 nitrogen and oxygen atoms in total. The largest absolute Gasteiger partial charge is 0.384 e. The second-order valence-corrected chi connectivity index (χ2v) is 8.50. The van der Waals surface area contributed by atoms with E-state index < -0.39 is 16.1 Å². The molecule has 0 heterocycles. The van der Waals surface area contributed by atoms with Gasteiger partial charge < -0.3 is 16.4 Å². The predicted molar refractivity (Wildman–Crippen MR) is 122 cm³/mol. The number of amidine groups is 1. The van der Waals surface area contributed by atoms with Crippen LogP contribution in [0.15, 0.2) is 77.7 Å². The maximum Gasteiger partial charge on any atom is 0.246 e. The SMILES string of the molecule is CC(Nc1cccc(C(=N)N)c1)C(=O)Nc1ccc(-c2ccccc2S(N)(=O)=O)cc1. The Morgan fingerprint density at radius 3 is 2.29 bits per heavy atom. The molecular formula is C22H23N5O3S. The summed E-state index contributed by atoms with van der Waals surface area (Å²) in [5, 5.41) is 18.7. The zero-order valence-electron chi connectivity index (χ0n) is 16.8. The third-order valence-electron chi connectivity index (χ3n) is 4.61. The molecular weight excluding hydrogens is 414 g/mol. The van der Waals surface area contributed by atoms with Crippen LogP contribution in [0.2, 0.25) is 0 Å². The molecule has 7 N–H and O–H groups in total. The smallest absolute Gasteiger partial charge is 0.246 e. The molecule has 0 spiro atoms. The highest BCUT2D eigenvalue weighted by molar-refractivity contribution is 7.89. The lowest BCUT2D eigenvalue weighted by Crippen LogP contribution is -2.31. The van der Waals surface area contributed by atoms with Crippen molar-refractivity contribution in [2.24, 2.45) is 10.9 Å². The van der Waals surface area contributed by atoms with E-state index in [9.17, 15) is 13.2 Å². The van der Waals surface area contributed by atoms with E-state index in [1.807, 2.05) is 0 Å². The fraction of sp³-hybridized carbons (Fsp3) is 0.0909. The number of primary sulfonamides is 1. The van der Waals surface area contributed by atoms with E-state index >= 15 is 0 Å². The van der Waals surface area contributed by atoms with Crippen molar-refractivity contribution in [3.63, 3.8) is 0 Å². The second kappa shape index (κ2) is 8.99. The van der Waals surface area contributed by atoms with Gasteiger partial charge in [-0.15, -0.1) is 0 Å². The molecule has 0 aliphatic rings. The van der Waals surface area contributed by atoms with Crippen molar-refractivity contribution in [3.8, 4) is 11.1 Å². The van der Waals surface area contributed by atoms with Gasteiger partial charge in [0.15, 0.2) is 0 Å². The van der Waals surface area contributed by atoms with Crippen molar-refractivity contribution in [2.75, 3.05) is 10.6 Å². The Morgan fingerprint density at radius 2 is 1.65 bits per heavy atom. The quantitative estimate of drug-likeness (QED) is 0.284. The number of carbonyl (C=O) groups is 1. The highest BCUT2D eigenvalue weighted by Gasteiger charge is 2.16. The fourth-order valence-corrected chi connectivity index (χ4v) is 3.79. The Hall–Kier alpha value is -3.69. The molecule has 0 saturated heterocycles. The maximum absolute atomic E-state index is 12.5. The lowest BCUT2D eigenvalue weighted by Gasteiger charge is -2.16. The third kappa shape index (κ3) is 5.47. The molecule has 0 bridgehead atoms. The molecule has 0 aromatic heterocycles. The number of hydrogen-bond donors (Lipinski definition) is 5. The topological polar surface area (TPSA) is 151 Å². The molecule has 0 radical (unpaired) electrons. The normalized spacial score (nSPS) is 12.1. The molecule has 160 valence electrons. The number of nitrogens with one attached hydrogen (secondary N) is 3. The Balaban J connectivity index is 1.71.